The monoisotopic (exact) mass is 583 g/mol. The molecule has 11 nitrogen and oxygen atoms in total. The first kappa shape index (κ1) is 27.1. The van der Waals surface area contributed by atoms with Crippen LogP contribution in [0.3, 0.4) is 0 Å². The highest BCUT2D eigenvalue weighted by Gasteiger charge is 2.26. The number of imidazole rings is 1. The van der Waals surface area contributed by atoms with Crippen molar-refractivity contribution in [2.75, 3.05) is 13.1 Å². The van der Waals surface area contributed by atoms with Gasteiger partial charge in [0.2, 0.25) is 0 Å². The molecular weight excluding hydrogens is 558 g/mol. The van der Waals surface area contributed by atoms with Gasteiger partial charge < -0.3 is 13.7 Å². The second kappa shape index (κ2) is 11.1. The molecule has 1 aliphatic rings. The van der Waals surface area contributed by atoms with Crippen molar-refractivity contribution in [3.05, 3.63) is 113 Å². The Kier molecular flexibility index (Phi) is 7.13. The lowest BCUT2D eigenvalue weighted by atomic mass is 10.0. The minimum atomic E-state index is -4.08. The Labute approximate surface area is 241 Å². The summed E-state index contributed by atoms with van der Waals surface area (Å²) in [4.78, 5) is 33.6. The lowest BCUT2D eigenvalue weighted by molar-refractivity contribution is -0.384. The number of fused-ring (bicyclic) bond motifs is 1. The van der Waals surface area contributed by atoms with Crippen molar-refractivity contribution in [3.63, 3.8) is 0 Å². The summed E-state index contributed by atoms with van der Waals surface area (Å²) in [6, 6.07) is 19.2. The van der Waals surface area contributed by atoms with E-state index in [9.17, 15) is 23.3 Å². The van der Waals surface area contributed by atoms with E-state index in [-0.39, 0.29) is 28.3 Å². The van der Waals surface area contributed by atoms with Gasteiger partial charge >= 0.3 is 10.1 Å². The van der Waals surface area contributed by atoms with E-state index in [4.69, 9.17) is 4.18 Å². The van der Waals surface area contributed by atoms with Gasteiger partial charge in [-0.1, -0.05) is 12.1 Å². The number of likely N-dealkylation sites (tertiary alicyclic amines) is 1. The quantitative estimate of drug-likeness (QED) is 0.144. The fourth-order valence-electron chi connectivity index (χ4n) is 5.24. The number of hydrogen-bond donors (Lipinski definition) is 0. The maximum atomic E-state index is 13.1. The number of nitro groups is 1. The molecule has 0 bridgehead atoms. The third-order valence-electron chi connectivity index (χ3n) is 7.40. The number of nitrogens with zero attached hydrogens (tertiary/aromatic N) is 5. The minimum Gasteiger partial charge on any atom is -0.379 e. The summed E-state index contributed by atoms with van der Waals surface area (Å²) >= 11 is 0. The average Bonchev–Trinajstić information content (AvgIpc) is 3.51. The van der Waals surface area contributed by atoms with Crippen LogP contribution in [-0.4, -0.2) is 51.8 Å². The largest absolute Gasteiger partial charge is 0.379 e. The number of rotatable bonds is 7. The van der Waals surface area contributed by atoms with Crippen LogP contribution < -0.4 is 4.18 Å². The van der Waals surface area contributed by atoms with Crippen molar-refractivity contribution in [2.45, 2.75) is 23.8 Å². The molecule has 1 aliphatic heterocycles. The van der Waals surface area contributed by atoms with Gasteiger partial charge in [-0.2, -0.15) is 8.42 Å². The van der Waals surface area contributed by atoms with Crippen molar-refractivity contribution in [3.8, 4) is 17.0 Å². The Balaban J connectivity index is 1.13. The first-order chi connectivity index (χ1) is 20.3. The Morgan fingerprint density at radius 3 is 2.38 bits per heavy atom. The zero-order chi connectivity index (χ0) is 29.3. The summed E-state index contributed by atoms with van der Waals surface area (Å²) in [5.74, 6) is 0.0360. The summed E-state index contributed by atoms with van der Waals surface area (Å²) in [7, 11) is -4.08. The highest BCUT2D eigenvalue weighted by Crippen LogP contribution is 2.31. The molecule has 212 valence electrons. The van der Waals surface area contributed by atoms with Crippen LogP contribution >= 0.6 is 0 Å². The lowest BCUT2D eigenvalue weighted by Gasteiger charge is -2.33. The van der Waals surface area contributed by atoms with Crippen LogP contribution in [0.2, 0.25) is 0 Å². The number of carbonyl (C=O) groups excluding carboxylic acids is 1. The van der Waals surface area contributed by atoms with E-state index < -0.39 is 15.0 Å². The molecule has 6 rings (SSSR count). The van der Waals surface area contributed by atoms with E-state index in [0.717, 1.165) is 11.3 Å². The van der Waals surface area contributed by atoms with Crippen LogP contribution in [0.4, 0.5) is 5.69 Å². The van der Waals surface area contributed by atoms with Gasteiger partial charge in [-0.15, -0.1) is 0 Å². The predicted octanol–water partition coefficient (Wildman–Crippen LogP) is 5.25. The third-order valence-corrected chi connectivity index (χ3v) is 8.71. The van der Waals surface area contributed by atoms with Gasteiger partial charge in [-0.3, -0.25) is 19.9 Å². The van der Waals surface area contributed by atoms with Crippen LogP contribution in [0.25, 0.3) is 22.0 Å². The molecule has 42 heavy (non-hydrogen) atoms. The van der Waals surface area contributed by atoms with Gasteiger partial charge in [-0.05, 0) is 61.4 Å². The summed E-state index contributed by atoms with van der Waals surface area (Å²) in [5.41, 5.74) is 2.08. The van der Waals surface area contributed by atoms with E-state index in [1.54, 1.807) is 72.3 Å². The Morgan fingerprint density at radius 2 is 1.67 bits per heavy atom. The highest BCUT2D eigenvalue weighted by molar-refractivity contribution is 7.87. The van der Waals surface area contributed by atoms with E-state index in [0.29, 0.717) is 42.3 Å². The first-order valence-corrected chi connectivity index (χ1v) is 14.6. The van der Waals surface area contributed by atoms with Gasteiger partial charge in [0, 0.05) is 65.6 Å². The minimum absolute atomic E-state index is 0.0540. The molecule has 0 unspecified atom stereocenters. The Bertz CT molecular complexity index is 1870. The molecule has 0 N–H and O–H groups in total. The number of hydrogen-bond acceptors (Lipinski definition) is 8. The standard InChI is InChI=1S/C30H25N5O6S/c36-30(22-4-8-25(9-5-22)35(37)38)33-16-13-24(14-17-33)34-20-32-19-28(34)21-6-10-26(11-7-21)41-42(39,40)29-3-1-2-23-18-31-15-12-27(23)29/h1-12,15,18-20,24H,13-14,16-17H2. The van der Waals surface area contributed by atoms with Gasteiger partial charge in [0.15, 0.2) is 0 Å². The molecule has 1 fully saturated rings. The Morgan fingerprint density at radius 1 is 0.929 bits per heavy atom. The van der Waals surface area contributed by atoms with Crippen molar-refractivity contribution in [2.24, 2.45) is 0 Å². The molecule has 0 aliphatic carbocycles. The molecule has 3 heterocycles. The van der Waals surface area contributed by atoms with Gasteiger partial charge in [0.25, 0.3) is 11.6 Å². The maximum Gasteiger partial charge on any atom is 0.339 e. The molecule has 5 aromatic rings. The third kappa shape index (κ3) is 5.31. The van der Waals surface area contributed by atoms with E-state index >= 15 is 0 Å². The van der Waals surface area contributed by atoms with Crippen molar-refractivity contribution < 1.29 is 22.3 Å². The van der Waals surface area contributed by atoms with E-state index in [2.05, 4.69) is 14.5 Å². The SMILES string of the molecule is O=C(c1ccc([N+](=O)[O-])cc1)N1CCC(n2cncc2-c2ccc(OS(=O)(=O)c3cccc4cnccc34)cc2)CC1. The zero-order valence-corrected chi connectivity index (χ0v) is 23.1. The number of aromatic nitrogens is 3. The average molecular weight is 584 g/mol. The molecule has 0 spiro atoms. The van der Waals surface area contributed by atoms with E-state index in [1.807, 2.05) is 0 Å². The van der Waals surface area contributed by atoms with Crippen molar-refractivity contribution >= 4 is 32.5 Å². The Hall–Kier alpha value is -5.10. The fraction of sp³-hybridized carbons (Fsp3) is 0.167. The van der Waals surface area contributed by atoms with Crippen LogP contribution in [0.15, 0.2) is 103 Å². The number of nitro benzene ring substituents is 1. The summed E-state index contributed by atoms with van der Waals surface area (Å²) < 4.78 is 33.7. The number of piperidine rings is 1. The first-order valence-electron chi connectivity index (χ1n) is 13.2. The molecule has 3 aromatic carbocycles. The van der Waals surface area contributed by atoms with Crippen molar-refractivity contribution in [1.82, 2.24) is 19.4 Å². The topological polar surface area (TPSA) is 138 Å². The van der Waals surface area contributed by atoms with Gasteiger partial charge in [0.05, 0.1) is 23.1 Å². The molecule has 1 amide bonds. The molecule has 0 radical (unpaired) electrons. The second-order valence-corrected chi connectivity index (χ2v) is 11.4. The van der Waals surface area contributed by atoms with E-state index in [1.165, 1.54) is 30.3 Å². The molecule has 2 aromatic heterocycles. The second-order valence-electron chi connectivity index (χ2n) is 9.93. The van der Waals surface area contributed by atoms with Crippen molar-refractivity contribution in [1.29, 1.82) is 0 Å². The number of pyridine rings is 1. The molecule has 1 saturated heterocycles. The van der Waals surface area contributed by atoms with Gasteiger partial charge in [-0.25, -0.2) is 4.98 Å². The smallest absolute Gasteiger partial charge is 0.339 e. The lowest BCUT2D eigenvalue weighted by Crippen LogP contribution is -2.39. The van der Waals surface area contributed by atoms with Crippen LogP contribution in [-0.2, 0) is 10.1 Å². The zero-order valence-electron chi connectivity index (χ0n) is 22.2. The number of carbonyl (C=O) groups is 1. The number of benzene rings is 3. The summed E-state index contributed by atoms with van der Waals surface area (Å²) in [6.45, 7) is 1.07. The molecule has 0 saturated carbocycles. The molecular formula is C30H25N5O6S. The molecule has 0 atom stereocenters. The number of non-ortho nitro benzene ring substituents is 1. The normalized spacial score (nSPS) is 14.1. The number of amides is 1. The van der Waals surface area contributed by atoms with Crippen LogP contribution in [0.5, 0.6) is 5.75 Å². The predicted molar refractivity (Wildman–Crippen MR) is 154 cm³/mol. The summed E-state index contributed by atoms with van der Waals surface area (Å²) in [5, 5.41) is 12.1. The van der Waals surface area contributed by atoms with Crippen LogP contribution in [0, 0.1) is 10.1 Å². The maximum absolute atomic E-state index is 13.1. The van der Waals surface area contributed by atoms with Gasteiger partial charge in [0.1, 0.15) is 10.6 Å². The highest BCUT2D eigenvalue weighted by atomic mass is 32.2. The molecule has 12 heteroatoms. The fourth-order valence-corrected chi connectivity index (χ4v) is 6.39. The van der Waals surface area contributed by atoms with Crippen LogP contribution in [0.1, 0.15) is 29.2 Å². The summed E-state index contributed by atoms with van der Waals surface area (Å²) in [6.07, 6.45) is 8.08.